The molecule has 2 amide bonds. The molecule has 0 radical (unpaired) electrons. The highest BCUT2D eigenvalue weighted by Crippen LogP contribution is 2.20. The zero-order chi connectivity index (χ0) is 14.5. The second-order valence-electron chi connectivity index (χ2n) is 4.14. The standard InChI is InChI=1S/C14H12ClN3OS/c1-9-4-5-20-13(9)8-17-14(19)18-11-3-2-10(7-16)12(15)6-11/h2-6H,8H2,1H3,(H2,17,18,19). The zero-order valence-electron chi connectivity index (χ0n) is 10.7. The van der Waals surface area contributed by atoms with E-state index in [1.54, 1.807) is 29.5 Å². The highest BCUT2D eigenvalue weighted by atomic mass is 35.5. The van der Waals surface area contributed by atoms with Crippen molar-refractivity contribution in [3.8, 4) is 6.07 Å². The van der Waals surface area contributed by atoms with Gasteiger partial charge >= 0.3 is 6.03 Å². The third kappa shape index (κ3) is 3.50. The lowest BCUT2D eigenvalue weighted by molar-refractivity contribution is 0.252. The van der Waals surface area contributed by atoms with Gasteiger partial charge in [0.15, 0.2) is 0 Å². The normalized spacial score (nSPS) is 9.85. The van der Waals surface area contributed by atoms with Crippen LogP contribution in [-0.4, -0.2) is 6.03 Å². The van der Waals surface area contributed by atoms with Gasteiger partial charge in [0.2, 0.25) is 0 Å². The topological polar surface area (TPSA) is 64.9 Å². The van der Waals surface area contributed by atoms with Crippen molar-refractivity contribution in [1.29, 1.82) is 5.26 Å². The fourth-order valence-corrected chi connectivity index (χ4v) is 2.67. The van der Waals surface area contributed by atoms with Crippen molar-refractivity contribution < 1.29 is 4.79 Å². The first-order valence-electron chi connectivity index (χ1n) is 5.87. The fourth-order valence-electron chi connectivity index (χ4n) is 1.60. The fraction of sp³-hybridized carbons (Fsp3) is 0.143. The second-order valence-corrected chi connectivity index (χ2v) is 5.55. The SMILES string of the molecule is Cc1ccsc1CNC(=O)Nc1ccc(C#N)c(Cl)c1. The first kappa shape index (κ1) is 14.4. The molecule has 6 heteroatoms. The highest BCUT2D eigenvalue weighted by Gasteiger charge is 2.06. The van der Waals surface area contributed by atoms with Crippen molar-refractivity contribution >= 4 is 34.7 Å². The third-order valence-electron chi connectivity index (χ3n) is 2.73. The predicted molar refractivity (Wildman–Crippen MR) is 81.1 cm³/mol. The van der Waals surface area contributed by atoms with Crippen LogP contribution in [0.4, 0.5) is 10.5 Å². The monoisotopic (exact) mass is 305 g/mol. The van der Waals surface area contributed by atoms with Gasteiger partial charge in [-0.25, -0.2) is 4.79 Å². The molecule has 2 aromatic rings. The Balaban J connectivity index is 1.93. The Morgan fingerprint density at radius 1 is 1.45 bits per heavy atom. The predicted octanol–water partition coefficient (Wildman–Crippen LogP) is 3.90. The van der Waals surface area contributed by atoms with E-state index in [9.17, 15) is 4.79 Å². The summed E-state index contributed by atoms with van der Waals surface area (Å²) in [5.74, 6) is 0. The van der Waals surface area contributed by atoms with Gasteiger partial charge in [0, 0.05) is 10.6 Å². The van der Waals surface area contributed by atoms with Crippen molar-refractivity contribution in [2.75, 3.05) is 5.32 Å². The van der Waals surface area contributed by atoms with Gasteiger partial charge in [0.25, 0.3) is 0 Å². The largest absolute Gasteiger partial charge is 0.333 e. The number of hydrogen-bond acceptors (Lipinski definition) is 3. The molecule has 4 nitrogen and oxygen atoms in total. The number of carbonyl (C=O) groups excluding carboxylic acids is 1. The summed E-state index contributed by atoms with van der Waals surface area (Å²) in [6.07, 6.45) is 0. The summed E-state index contributed by atoms with van der Waals surface area (Å²) in [6.45, 7) is 2.49. The lowest BCUT2D eigenvalue weighted by atomic mass is 10.2. The third-order valence-corrected chi connectivity index (χ3v) is 4.06. The van der Waals surface area contributed by atoms with Gasteiger partial charge in [-0.3, -0.25) is 0 Å². The quantitative estimate of drug-likeness (QED) is 0.903. The first-order valence-corrected chi connectivity index (χ1v) is 7.13. The summed E-state index contributed by atoms with van der Waals surface area (Å²) < 4.78 is 0. The Kier molecular flexibility index (Phi) is 4.61. The molecule has 0 unspecified atom stereocenters. The summed E-state index contributed by atoms with van der Waals surface area (Å²) in [5.41, 5.74) is 2.10. The summed E-state index contributed by atoms with van der Waals surface area (Å²) in [5, 5.41) is 16.5. The van der Waals surface area contributed by atoms with Gasteiger partial charge in [-0.15, -0.1) is 11.3 Å². The average molecular weight is 306 g/mol. The number of carbonyl (C=O) groups is 1. The van der Waals surface area contributed by atoms with Crippen LogP contribution < -0.4 is 10.6 Å². The van der Waals surface area contributed by atoms with Crippen LogP contribution in [0.5, 0.6) is 0 Å². The van der Waals surface area contributed by atoms with Crippen LogP contribution in [0.15, 0.2) is 29.6 Å². The summed E-state index contributed by atoms with van der Waals surface area (Å²) >= 11 is 7.51. The molecule has 0 bridgehead atoms. The number of nitrogens with zero attached hydrogens (tertiary/aromatic N) is 1. The Bertz CT molecular complexity index is 675. The first-order chi connectivity index (χ1) is 9.60. The van der Waals surface area contributed by atoms with Crippen molar-refractivity contribution in [2.24, 2.45) is 0 Å². The minimum absolute atomic E-state index is 0.307. The van der Waals surface area contributed by atoms with Crippen molar-refractivity contribution in [2.45, 2.75) is 13.5 Å². The summed E-state index contributed by atoms with van der Waals surface area (Å²) in [7, 11) is 0. The molecule has 0 aliphatic heterocycles. The van der Waals surface area contributed by atoms with Crippen LogP contribution in [0.3, 0.4) is 0 Å². The van der Waals surface area contributed by atoms with E-state index < -0.39 is 0 Å². The minimum atomic E-state index is -0.307. The highest BCUT2D eigenvalue weighted by molar-refractivity contribution is 7.10. The van der Waals surface area contributed by atoms with E-state index in [1.807, 2.05) is 24.4 Å². The number of amides is 2. The Morgan fingerprint density at radius 2 is 2.25 bits per heavy atom. The molecule has 2 rings (SSSR count). The lowest BCUT2D eigenvalue weighted by Crippen LogP contribution is -2.28. The van der Waals surface area contributed by atoms with Crippen molar-refractivity contribution in [3.05, 3.63) is 50.7 Å². The molecular weight excluding hydrogens is 294 g/mol. The zero-order valence-corrected chi connectivity index (χ0v) is 12.3. The van der Waals surface area contributed by atoms with Crippen LogP contribution >= 0.6 is 22.9 Å². The smallest absolute Gasteiger partial charge is 0.319 e. The molecule has 1 heterocycles. The summed E-state index contributed by atoms with van der Waals surface area (Å²) in [6, 6.07) is 8.44. The van der Waals surface area contributed by atoms with E-state index >= 15 is 0 Å². The van der Waals surface area contributed by atoms with E-state index in [0.29, 0.717) is 22.8 Å². The molecular formula is C14H12ClN3OS. The van der Waals surface area contributed by atoms with Crippen molar-refractivity contribution in [3.63, 3.8) is 0 Å². The van der Waals surface area contributed by atoms with Gasteiger partial charge in [0.05, 0.1) is 17.1 Å². The molecule has 0 fully saturated rings. The maximum absolute atomic E-state index is 11.8. The number of anilines is 1. The molecule has 0 aliphatic rings. The number of hydrogen-bond donors (Lipinski definition) is 2. The van der Waals surface area contributed by atoms with E-state index in [2.05, 4.69) is 10.6 Å². The molecule has 0 atom stereocenters. The number of nitrogens with one attached hydrogen (secondary N) is 2. The van der Waals surface area contributed by atoms with Crippen LogP contribution in [0.1, 0.15) is 16.0 Å². The van der Waals surface area contributed by atoms with Gasteiger partial charge in [-0.2, -0.15) is 5.26 Å². The maximum atomic E-state index is 11.8. The number of urea groups is 1. The van der Waals surface area contributed by atoms with Crippen LogP contribution in [0, 0.1) is 18.3 Å². The molecule has 102 valence electrons. The van der Waals surface area contributed by atoms with Crippen LogP contribution in [-0.2, 0) is 6.54 Å². The van der Waals surface area contributed by atoms with Gasteiger partial charge < -0.3 is 10.6 Å². The lowest BCUT2D eigenvalue weighted by Gasteiger charge is -2.08. The van der Waals surface area contributed by atoms with E-state index in [1.165, 1.54) is 0 Å². The Hall–Kier alpha value is -2.03. The number of nitriles is 1. The molecule has 0 spiro atoms. The molecule has 0 aliphatic carbocycles. The van der Waals surface area contributed by atoms with E-state index in [0.717, 1.165) is 10.4 Å². The van der Waals surface area contributed by atoms with Crippen LogP contribution in [0.2, 0.25) is 5.02 Å². The average Bonchev–Trinajstić information content (AvgIpc) is 2.82. The van der Waals surface area contributed by atoms with Crippen molar-refractivity contribution in [1.82, 2.24) is 5.32 Å². The number of rotatable bonds is 3. The van der Waals surface area contributed by atoms with Gasteiger partial charge in [-0.05, 0) is 42.1 Å². The van der Waals surface area contributed by atoms with E-state index in [4.69, 9.17) is 16.9 Å². The number of halogens is 1. The minimum Gasteiger partial charge on any atom is -0.333 e. The number of thiophene rings is 1. The molecule has 2 N–H and O–H groups in total. The Labute approximate surface area is 126 Å². The Morgan fingerprint density at radius 3 is 2.85 bits per heavy atom. The number of benzene rings is 1. The van der Waals surface area contributed by atoms with Gasteiger partial charge in [0.1, 0.15) is 6.07 Å². The molecule has 0 saturated carbocycles. The second kappa shape index (κ2) is 6.42. The molecule has 20 heavy (non-hydrogen) atoms. The molecule has 1 aromatic carbocycles. The van der Waals surface area contributed by atoms with E-state index in [-0.39, 0.29) is 6.03 Å². The molecule has 0 saturated heterocycles. The number of aryl methyl sites for hydroxylation is 1. The summed E-state index contributed by atoms with van der Waals surface area (Å²) in [4.78, 5) is 12.9. The molecule has 1 aromatic heterocycles. The maximum Gasteiger partial charge on any atom is 0.319 e. The van der Waals surface area contributed by atoms with Crippen LogP contribution in [0.25, 0.3) is 0 Å². The van der Waals surface area contributed by atoms with Gasteiger partial charge in [-0.1, -0.05) is 11.6 Å².